The molecule has 0 saturated carbocycles. The Morgan fingerprint density at radius 3 is 1.90 bits per heavy atom. The van der Waals surface area contributed by atoms with Crippen molar-refractivity contribution < 1.29 is 39.9 Å². The van der Waals surface area contributed by atoms with Gasteiger partial charge in [0.1, 0.15) is 5.75 Å². The highest BCUT2D eigenvalue weighted by atomic mass is 79.9. The monoisotopic (exact) mass is 372 g/mol. The van der Waals surface area contributed by atoms with E-state index < -0.39 is 40.7 Å². The molecule has 0 aliphatic heterocycles. The summed E-state index contributed by atoms with van der Waals surface area (Å²) in [6, 6.07) is 1.82. The predicted octanol–water partition coefficient (Wildman–Crippen LogP) is 5.04. The minimum Gasteiger partial charge on any atom is -0.487 e. The first-order valence-electron chi connectivity index (χ1n) is 4.79. The van der Waals surface area contributed by atoms with Gasteiger partial charge in [-0.2, -0.15) is 35.1 Å². The average molecular weight is 373 g/mol. The van der Waals surface area contributed by atoms with Crippen LogP contribution < -0.4 is 4.74 Å². The standard InChI is InChI=1S/C10H5BrF8O/c11-7-3-5(1-2-6(7)9(14,15)16)20-4-8(12,13)10(17,18)19/h1-3H,4H2. The Labute approximate surface area is 115 Å². The van der Waals surface area contributed by atoms with Crippen LogP contribution in [0.15, 0.2) is 22.7 Å². The van der Waals surface area contributed by atoms with E-state index in [4.69, 9.17) is 0 Å². The van der Waals surface area contributed by atoms with Crippen molar-refractivity contribution >= 4 is 15.9 Å². The quantitative estimate of drug-likeness (QED) is 0.675. The summed E-state index contributed by atoms with van der Waals surface area (Å²) in [5, 5.41) is 0. The van der Waals surface area contributed by atoms with Crippen molar-refractivity contribution in [2.75, 3.05) is 6.61 Å². The van der Waals surface area contributed by atoms with Gasteiger partial charge >= 0.3 is 18.3 Å². The van der Waals surface area contributed by atoms with Crippen molar-refractivity contribution in [2.24, 2.45) is 0 Å². The van der Waals surface area contributed by atoms with Gasteiger partial charge in [0.2, 0.25) is 0 Å². The van der Waals surface area contributed by atoms with Crippen molar-refractivity contribution in [2.45, 2.75) is 18.3 Å². The molecule has 1 nitrogen and oxygen atoms in total. The fourth-order valence-corrected chi connectivity index (χ4v) is 1.65. The van der Waals surface area contributed by atoms with Crippen LogP contribution in [-0.2, 0) is 6.18 Å². The van der Waals surface area contributed by atoms with E-state index in [2.05, 4.69) is 20.7 Å². The highest BCUT2D eigenvalue weighted by Gasteiger charge is 2.58. The number of rotatable bonds is 3. The van der Waals surface area contributed by atoms with Gasteiger partial charge in [-0.3, -0.25) is 0 Å². The molecule has 20 heavy (non-hydrogen) atoms. The zero-order valence-electron chi connectivity index (χ0n) is 9.25. The van der Waals surface area contributed by atoms with E-state index in [0.29, 0.717) is 18.2 Å². The van der Waals surface area contributed by atoms with Crippen LogP contribution in [-0.4, -0.2) is 18.7 Å². The molecular weight excluding hydrogens is 368 g/mol. The molecule has 1 aromatic carbocycles. The fourth-order valence-electron chi connectivity index (χ4n) is 1.07. The fraction of sp³-hybridized carbons (Fsp3) is 0.400. The highest BCUT2D eigenvalue weighted by Crippen LogP contribution is 2.38. The van der Waals surface area contributed by atoms with E-state index in [1.54, 1.807) is 0 Å². The number of ether oxygens (including phenoxy) is 1. The lowest BCUT2D eigenvalue weighted by molar-refractivity contribution is -0.290. The molecule has 1 rings (SSSR count). The van der Waals surface area contributed by atoms with Gasteiger partial charge in [0.25, 0.3) is 0 Å². The lowest BCUT2D eigenvalue weighted by Gasteiger charge is -2.20. The lowest BCUT2D eigenvalue weighted by Crippen LogP contribution is -2.41. The zero-order valence-corrected chi connectivity index (χ0v) is 10.8. The third-order valence-corrected chi connectivity index (χ3v) is 2.74. The van der Waals surface area contributed by atoms with Gasteiger partial charge in [0.05, 0.1) is 5.56 Å². The first-order valence-corrected chi connectivity index (χ1v) is 5.58. The van der Waals surface area contributed by atoms with Gasteiger partial charge < -0.3 is 4.74 Å². The smallest absolute Gasteiger partial charge is 0.456 e. The minimum atomic E-state index is -5.80. The minimum absolute atomic E-state index is 0.505. The summed E-state index contributed by atoms with van der Waals surface area (Å²) < 4.78 is 101. The van der Waals surface area contributed by atoms with E-state index in [9.17, 15) is 35.1 Å². The van der Waals surface area contributed by atoms with Crippen molar-refractivity contribution in [1.82, 2.24) is 0 Å². The Kier molecular flexibility index (Phi) is 4.57. The largest absolute Gasteiger partial charge is 0.487 e. The number of hydrogen-bond acceptors (Lipinski definition) is 1. The molecule has 0 spiro atoms. The Hall–Kier alpha value is -1.06. The number of alkyl halides is 8. The van der Waals surface area contributed by atoms with Crippen molar-refractivity contribution in [3.8, 4) is 5.75 Å². The number of hydrogen-bond donors (Lipinski definition) is 0. The Bertz CT molecular complexity index is 479. The van der Waals surface area contributed by atoms with E-state index in [1.165, 1.54) is 0 Å². The summed E-state index contributed by atoms with van der Waals surface area (Å²) in [4.78, 5) is 0. The van der Waals surface area contributed by atoms with Gasteiger partial charge in [-0.1, -0.05) is 15.9 Å². The van der Waals surface area contributed by atoms with Crippen LogP contribution in [0.25, 0.3) is 0 Å². The third kappa shape index (κ3) is 3.97. The molecule has 0 heterocycles. The predicted molar refractivity (Wildman–Crippen MR) is 55.6 cm³/mol. The molecule has 0 aliphatic carbocycles. The normalized spacial score (nSPS) is 13.4. The molecule has 0 atom stereocenters. The van der Waals surface area contributed by atoms with Gasteiger partial charge in [-0.25, -0.2) is 0 Å². The van der Waals surface area contributed by atoms with E-state index >= 15 is 0 Å². The highest BCUT2D eigenvalue weighted by molar-refractivity contribution is 9.10. The molecule has 0 unspecified atom stereocenters. The summed E-state index contributed by atoms with van der Waals surface area (Å²) in [5.74, 6) is -5.64. The summed E-state index contributed by atoms with van der Waals surface area (Å²) in [6.07, 6.45) is -10.5. The van der Waals surface area contributed by atoms with Gasteiger partial charge in [-0.15, -0.1) is 0 Å². The summed E-state index contributed by atoms with van der Waals surface area (Å²) >= 11 is 2.53. The molecule has 0 aliphatic rings. The van der Waals surface area contributed by atoms with Crippen LogP contribution in [0.2, 0.25) is 0 Å². The number of benzene rings is 1. The topological polar surface area (TPSA) is 9.23 Å². The van der Waals surface area contributed by atoms with Crippen molar-refractivity contribution in [3.05, 3.63) is 28.2 Å². The number of halogens is 9. The van der Waals surface area contributed by atoms with Crippen LogP contribution in [0.3, 0.4) is 0 Å². The lowest BCUT2D eigenvalue weighted by atomic mass is 10.2. The van der Waals surface area contributed by atoms with Crippen LogP contribution in [0.5, 0.6) is 5.75 Å². The molecule has 0 amide bonds. The summed E-state index contributed by atoms with van der Waals surface area (Å²) in [6.45, 7) is -2.02. The van der Waals surface area contributed by atoms with Gasteiger partial charge in [-0.05, 0) is 18.2 Å². The van der Waals surface area contributed by atoms with Gasteiger partial charge in [0, 0.05) is 4.47 Å². The molecular formula is C10H5BrF8O. The van der Waals surface area contributed by atoms with E-state index in [-0.39, 0.29) is 0 Å². The second-order valence-corrected chi connectivity index (χ2v) is 4.48. The van der Waals surface area contributed by atoms with Crippen molar-refractivity contribution in [1.29, 1.82) is 0 Å². The van der Waals surface area contributed by atoms with Crippen LogP contribution in [0.4, 0.5) is 35.1 Å². The average Bonchev–Trinajstić information content (AvgIpc) is 2.23. The Morgan fingerprint density at radius 1 is 0.950 bits per heavy atom. The SMILES string of the molecule is FC(F)(F)c1ccc(OCC(F)(F)C(F)(F)F)cc1Br. The van der Waals surface area contributed by atoms with Crippen molar-refractivity contribution in [3.63, 3.8) is 0 Å². The second-order valence-electron chi connectivity index (χ2n) is 3.63. The van der Waals surface area contributed by atoms with Crippen LogP contribution >= 0.6 is 15.9 Å². The zero-order chi connectivity index (χ0) is 15.8. The molecule has 0 fully saturated rings. The van der Waals surface area contributed by atoms with E-state index in [0.717, 1.165) is 0 Å². The summed E-state index contributed by atoms with van der Waals surface area (Å²) in [7, 11) is 0. The van der Waals surface area contributed by atoms with Crippen LogP contribution in [0, 0.1) is 0 Å². The molecule has 0 N–H and O–H groups in total. The molecule has 0 bridgehead atoms. The Balaban J connectivity index is 2.84. The molecule has 1 aromatic rings. The maximum atomic E-state index is 12.5. The van der Waals surface area contributed by atoms with E-state index in [1.807, 2.05) is 0 Å². The first-order chi connectivity index (χ1) is 8.84. The molecule has 0 aromatic heterocycles. The second kappa shape index (κ2) is 5.38. The third-order valence-electron chi connectivity index (χ3n) is 2.08. The molecule has 0 radical (unpaired) electrons. The Morgan fingerprint density at radius 2 is 1.50 bits per heavy atom. The molecule has 114 valence electrons. The maximum absolute atomic E-state index is 12.5. The first kappa shape index (κ1) is 17.0. The maximum Gasteiger partial charge on any atom is 0.456 e. The van der Waals surface area contributed by atoms with Crippen LogP contribution in [0.1, 0.15) is 5.56 Å². The summed E-state index contributed by atoms with van der Waals surface area (Å²) in [5.41, 5.74) is -1.10. The van der Waals surface area contributed by atoms with Gasteiger partial charge in [0.15, 0.2) is 6.61 Å². The molecule has 10 heteroatoms. The molecule has 0 saturated heterocycles.